The SMILES string of the molecule is CN(Cc1cn(-c2ccccc2)nc1-c1ccccc1)C(=O)Cn1c(=O)[nH]c(=O)c2ccccc21. The highest BCUT2D eigenvalue weighted by Gasteiger charge is 2.18. The third-order valence-electron chi connectivity index (χ3n) is 5.89. The van der Waals surface area contributed by atoms with Crippen molar-refractivity contribution in [3.63, 3.8) is 0 Å². The molecule has 0 atom stereocenters. The zero-order chi connectivity index (χ0) is 24.4. The molecule has 2 aromatic heterocycles. The van der Waals surface area contributed by atoms with Gasteiger partial charge in [0.2, 0.25) is 5.91 Å². The fraction of sp³-hybridized carbons (Fsp3) is 0.111. The molecule has 35 heavy (non-hydrogen) atoms. The number of benzene rings is 3. The topological polar surface area (TPSA) is 93.0 Å². The van der Waals surface area contributed by atoms with Gasteiger partial charge in [0.15, 0.2) is 0 Å². The van der Waals surface area contributed by atoms with Crippen LogP contribution in [0.15, 0.2) is 101 Å². The lowest BCUT2D eigenvalue weighted by atomic mass is 10.1. The summed E-state index contributed by atoms with van der Waals surface area (Å²) >= 11 is 0. The van der Waals surface area contributed by atoms with Gasteiger partial charge in [0, 0.05) is 30.9 Å². The van der Waals surface area contributed by atoms with Gasteiger partial charge in [0.25, 0.3) is 5.56 Å². The van der Waals surface area contributed by atoms with Crippen molar-refractivity contribution in [2.24, 2.45) is 0 Å². The Morgan fingerprint density at radius 2 is 1.57 bits per heavy atom. The molecule has 0 bridgehead atoms. The fourth-order valence-corrected chi connectivity index (χ4v) is 4.08. The zero-order valence-corrected chi connectivity index (χ0v) is 19.1. The molecule has 2 heterocycles. The minimum Gasteiger partial charge on any atom is -0.340 e. The van der Waals surface area contributed by atoms with E-state index in [-0.39, 0.29) is 12.5 Å². The number of aromatic nitrogens is 4. The van der Waals surface area contributed by atoms with Crippen molar-refractivity contribution in [1.29, 1.82) is 0 Å². The maximum absolute atomic E-state index is 13.2. The standard InChI is InChI=1S/C27H23N5O3/c1-30(24(33)18-31-23-15-9-8-14-22(23)26(34)28-27(31)35)16-20-17-32(21-12-6-3-7-13-21)29-25(20)19-10-4-2-5-11-19/h2-15,17H,16,18H2,1H3,(H,28,34,35). The van der Waals surface area contributed by atoms with E-state index in [1.807, 2.05) is 66.9 Å². The Labute approximate surface area is 200 Å². The molecular weight excluding hydrogens is 442 g/mol. The number of aromatic amines is 1. The van der Waals surface area contributed by atoms with E-state index in [4.69, 9.17) is 5.10 Å². The lowest BCUT2D eigenvalue weighted by Crippen LogP contribution is -2.37. The number of hydrogen-bond donors (Lipinski definition) is 1. The maximum Gasteiger partial charge on any atom is 0.329 e. The molecule has 1 N–H and O–H groups in total. The van der Waals surface area contributed by atoms with Gasteiger partial charge in [-0.05, 0) is 24.3 Å². The molecule has 1 amide bonds. The second-order valence-electron chi connectivity index (χ2n) is 8.26. The molecule has 0 aliphatic heterocycles. The van der Waals surface area contributed by atoms with Crippen LogP contribution in [0.3, 0.4) is 0 Å². The molecule has 8 heteroatoms. The minimum atomic E-state index is -0.614. The van der Waals surface area contributed by atoms with Crippen LogP contribution in [0.1, 0.15) is 5.56 Å². The van der Waals surface area contributed by atoms with E-state index in [0.717, 1.165) is 22.5 Å². The van der Waals surface area contributed by atoms with Crippen molar-refractivity contribution in [3.8, 4) is 16.9 Å². The number of H-pyrrole nitrogens is 1. The van der Waals surface area contributed by atoms with Crippen LogP contribution < -0.4 is 11.2 Å². The van der Waals surface area contributed by atoms with Gasteiger partial charge in [0.05, 0.1) is 22.3 Å². The summed E-state index contributed by atoms with van der Waals surface area (Å²) in [4.78, 5) is 41.6. The molecule has 0 spiro atoms. The molecule has 0 fully saturated rings. The van der Waals surface area contributed by atoms with Crippen LogP contribution in [0.25, 0.3) is 27.8 Å². The third kappa shape index (κ3) is 4.41. The van der Waals surface area contributed by atoms with E-state index in [9.17, 15) is 14.4 Å². The molecule has 0 unspecified atom stereocenters. The van der Waals surface area contributed by atoms with Crippen LogP contribution in [0.4, 0.5) is 0 Å². The molecular formula is C27H23N5O3. The lowest BCUT2D eigenvalue weighted by Gasteiger charge is -2.18. The summed E-state index contributed by atoms with van der Waals surface area (Å²) in [6, 6.07) is 26.3. The van der Waals surface area contributed by atoms with Crippen molar-refractivity contribution in [2.75, 3.05) is 7.05 Å². The van der Waals surface area contributed by atoms with Crippen molar-refractivity contribution in [3.05, 3.63) is 118 Å². The smallest absolute Gasteiger partial charge is 0.329 e. The Morgan fingerprint density at radius 1 is 0.914 bits per heavy atom. The maximum atomic E-state index is 13.2. The fourth-order valence-electron chi connectivity index (χ4n) is 4.08. The summed E-state index contributed by atoms with van der Waals surface area (Å²) < 4.78 is 3.09. The Balaban J connectivity index is 1.46. The number of nitrogens with zero attached hydrogens (tertiary/aromatic N) is 4. The third-order valence-corrected chi connectivity index (χ3v) is 5.89. The Hall–Kier alpha value is -4.72. The van der Waals surface area contributed by atoms with E-state index >= 15 is 0 Å². The number of rotatable bonds is 6. The molecule has 0 aliphatic rings. The summed E-state index contributed by atoms with van der Waals surface area (Å²) in [6.45, 7) is 0.103. The first-order valence-electron chi connectivity index (χ1n) is 11.2. The number of fused-ring (bicyclic) bond motifs is 1. The van der Waals surface area contributed by atoms with Crippen LogP contribution in [0.2, 0.25) is 0 Å². The van der Waals surface area contributed by atoms with E-state index in [0.29, 0.717) is 17.4 Å². The number of para-hydroxylation sites is 2. The van der Waals surface area contributed by atoms with Crippen molar-refractivity contribution >= 4 is 16.8 Å². The summed E-state index contributed by atoms with van der Waals surface area (Å²) in [5.74, 6) is -0.268. The monoisotopic (exact) mass is 465 g/mol. The first kappa shape index (κ1) is 22.1. The number of nitrogens with one attached hydrogen (secondary N) is 1. The van der Waals surface area contributed by atoms with Crippen LogP contribution in [0, 0.1) is 0 Å². The average Bonchev–Trinajstić information content (AvgIpc) is 3.31. The Kier molecular flexibility index (Phi) is 5.85. The van der Waals surface area contributed by atoms with Gasteiger partial charge in [0.1, 0.15) is 6.54 Å². The van der Waals surface area contributed by atoms with Gasteiger partial charge in [-0.15, -0.1) is 0 Å². The van der Waals surface area contributed by atoms with Gasteiger partial charge < -0.3 is 4.90 Å². The summed E-state index contributed by atoms with van der Waals surface area (Å²) in [5, 5.41) is 5.15. The molecule has 5 rings (SSSR count). The van der Waals surface area contributed by atoms with E-state index in [1.165, 1.54) is 4.57 Å². The Bertz CT molecular complexity index is 1620. The highest BCUT2D eigenvalue weighted by molar-refractivity contribution is 5.81. The molecule has 3 aromatic carbocycles. The first-order chi connectivity index (χ1) is 17.0. The molecule has 0 saturated heterocycles. The summed E-state index contributed by atoms with van der Waals surface area (Å²) in [5.41, 5.74) is 2.85. The van der Waals surface area contributed by atoms with Crippen LogP contribution >= 0.6 is 0 Å². The summed E-state index contributed by atoms with van der Waals surface area (Å²) in [7, 11) is 1.69. The van der Waals surface area contributed by atoms with Crippen LogP contribution in [0.5, 0.6) is 0 Å². The van der Waals surface area contributed by atoms with Gasteiger partial charge in [-0.1, -0.05) is 60.7 Å². The molecule has 5 aromatic rings. The van der Waals surface area contributed by atoms with Crippen molar-refractivity contribution in [1.82, 2.24) is 24.2 Å². The van der Waals surface area contributed by atoms with Crippen LogP contribution in [-0.2, 0) is 17.9 Å². The number of likely N-dealkylation sites (N-methyl/N-ethyl adjacent to an activating group) is 1. The van der Waals surface area contributed by atoms with Crippen LogP contribution in [-0.4, -0.2) is 37.2 Å². The second kappa shape index (κ2) is 9.26. The number of hydrogen-bond acceptors (Lipinski definition) is 4. The van der Waals surface area contributed by atoms with E-state index in [2.05, 4.69) is 4.98 Å². The number of carbonyl (C=O) groups excluding carboxylic acids is 1. The minimum absolute atomic E-state index is 0.194. The van der Waals surface area contributed by atoms with E-state index in [1.54, 1.807) is 40.9 Å². The molecule has 8 nitrogen and oxygen atoms in total. The molecule has 174 valence electrons. The van der Waals surface area contributed by atoms with Gasteiger partial charge in [-0.3, -0.25) is 19.1 Å². The molecule has 0 radical (unpaired) electrons. The highest BCUT2D eigenvalue weighted by atomic mass is 16.2. The van der Waals surface area contributed by atoms with Crippen molar-refractivity contribution in [2.45, 2.75) is 13.1 Å². The second-order valence-corrected chi connectivity index (χ2v) is 8.26. The number of carbonyl (C=O) groups is 1. The Morgan fingerprint density at radius 3 is 2.31 bits per heavy atom. The summed E-state index contributed by atoms with van der Waals surface area (Å²) in [6.07, 6.45) is 1.92. The van der Waals surface area contributed by atoms with E-state index < -0.39 is 11.2 Å². The van der Waals surface area contributed by atoms with Crippen molar-refractivity contribution < 1.29 is 4.79 Å². The normalized spacial score (nSPS) is 11.0. The average molecular weight is 466 g/mol. The predicted molar refractivity (Wildman–Crippen MR) is 134 cm³/mol. The van der Waals surface area contributed by atoms with Gasteiger partial charge in [-0.25, -0.2) is 9.48 Å². The zero-order valence-electron chi connectivity index (χ0n) is 19.1. The predicted octanol–water partition coefficient (Wildman–Crippen LogP) is 3.20. The quantitative estimate of drug-likeness (QED) is 0.417. The van der Waals surface area contributed by atoms with Gasteiger partial charge in [-0.2, -0.15) is 5.10 Å². The highest BCUT2D eigenvalue weighted by Crippen LogP contribution is 2.24. The first-order valence-corrected chi connectivity index (χ1v) is 11.2. The number of amides is 1. The lowest BCUT2D eigenvalue weighted by molar-refractivity contribution is -0.131. The largest absolute Gasteiger partial charge is 0.340 e. The van der Waals surface area contributed by atoms with Gasteiger partial charge >= 0.3 is 5.69 Å². The molecule has 0 aliphatic carbocycles. The molecule has 0 saturated carbocycles.